The van der Waals surface area contributed by atoms with Crippen molar-refractivity contribution in [1.29, 1.82) is 0 Å². The van der Waals surface area contributed by atoms with E-state index < -0.39 is 0 Å². The summed E-state index contributed by atoms with van der Waals surface area (Å²) in [5, 5.41) is 2.89. The van der Waals surface area contributed by atoms with Crippen molar-refractivity contribution in [2.45, 2.75) is 31.8 Å². The van der Waals surface area contributed by atoms with Crippen LogP contribution < -0.4 is 14.8 Å². The SMILES string of the molecule is C[C@@H](c1ccccc1F)N(C(=O)Nc1ccc2c(c1)OCO2)C1CC1. The Bertz CT molecular complexity index is 807. The highest BCUT2D eigenvalue weighted by Crippen LogP contribution is 2.37. The predicted molar refractivity (Wildman–Crippen MR) is 91.3 cm³/mol. The number of carbonyl (C=O) groups excluding carboxylic acids is 1. The standard InChI is InChI=1S/C19H19FN2O3/c1-12(15-4-2-3-5-16(15)20)22(14-7-8-14)19(23)21-13-6-9-17-18(10-13)25-11-24-17/h2-6,9-10,12,14H,7-8,11H2,1H3,(H,21,23)/t12-/m0/s1. The fraction of sp³-hybridized carbons (Fsp3) is 0.316. The second kappa shape index (κ2) is 6.27. The van der Waals surface area contributed by atoms with Crippen LogP contribution in [0.4, 0.5) is 14.9 Å². The second-order valence-electron chi connectivity index (χ2n) is 6.33. The zero-order valence-electron chi connectivity index (χ0n) is 13.9. The summed E-state index contributed by atoms with van der Waals surface area (Å²) in [7, 11) is 0. The quantitative estimate of drug-likeness (QED) is 0.901. The summed E-state index contributed by atoms with van der Waals surface area (Å²) < 4.78 is 24.7. The van der Waals surface area contributed by atoms with Crippen LogP contribution in [0.15, 0.2) is 42.5 Å². The Kier molecular flexibility index (Phi) is 3.95. The molecule has 0 aromatic heterocycles. The zero-order chi connectivity index (χ0) is 17.4. The molecule has 1 saturated carbocycles. The van der Waals surface area contributed by atoms with Crippen LogP contribution in [-0.2, 0) is 0 Å². The van der Waals surface area contributed by atoms with Gasteiger partial charge in [0.25, 0.3) is 0 Å². The summed E-state index contributed by atoms with van der Waals surface area (Å²) in [5.74, 6) is 0.978. The van der Waals surface area contributed by atoms with Gasteiger partial charge < -0.3 is 19.7 Å². The Labute approximate surface area is 145 Å². The van der Waals surface area contributed by atoms with Crippen LogP contribution in [-0.4, -0.2) is 23.8 Å². The van der Waals surface area contributed by atoms with Crippen molar-refractivity contribution in [2.24, 2.45) is 0 Å². The molecule has 1 aliphatic heterocycles. The van der Waals surface area contributed by atoms with Crippen LogP contribution in [0.3, 0.4) is 0 Å². The zero-order valence-corrected chi connectivity index (χ0v) is 13.9. The topological polar surface area (TPSA) is 50.8 Å². The molecule has 1 aliphatic carbocycles. The highest BCUT2D eigenvalue weighted by molar-refractivity contribution is 5.90. The molecule has 0 radical (unpaired) electrons. The summed E-state index contributed by atoms with van der Waals surface area (Å²) in [6.07, 6.45) is 1.88. The Morgan fingerprint density at radius 3 is 2.72 bits per heavy atom. The van der Waals surface area contributed by atoms with Crippen molar-refractivity contribution in [3.05, 3.63) is 53.8 Å². The van der Waals surface area contributed by atoms with Gasteiger partial charge in [-0.05, 0) is 38.0 Å². The third kappa shape index (κ3) is 3.12. The molecule has 2 aromatic rings. The first-order valence-electron chi connectivity index (χ1n) is 8.37. The number of urea groups is 1. The Balaban J connectivity index is 1.55. The van der Waals surface area contributed by atoms with Crippen molar-refractivity contribution in [3.8, 4) is 11.5 Å². The van der Waals surface area contributed by atoms with E-state index in [1.165, 1.54) is 6.07 Å². The van der Waals surface area contributed by atoms with Crippen molar-refractivity contribution in [3.63, 3.8) is 0 Å². The number of anilines is 1. The second-order valence-corrected chi connectivity index (χ2v) is 6.33. The van der Waals surface area contributed by atoms with E-state index >= 15 is 0 Å². The molecule has 130 valence electrons. The van der Waals surface area contributed by atoms with Crippen LogP contribution in [0.5, 0.6) is 11.5 Å². The molecule has 25 heavy (non-hydrogen) atoms. The third-order valence-corrected chi connectivity index (χ3v) is 4.57. The van der Waals surface area contributed by atoms with Gasteiger partial charge in [-0.15, -0.1) is 0 Å². The van der Waals surface area contributed by atoms with Gasteiger partial charge in [-0.2, -0.15) is 0 Å². The molecule has 1 atom stereocenters. The van der Waals surface area contributed by atoms with E-state index in [9.17, 15) is 9.18 Å². The lowest BCUT2D eigenvalue weighted by molar-refractivity contribution is 0.174. The first kappa shape index (κ1) is 15.7. The first-order chi connectivity index (χ1) is 12.1. The number of ether oxygens (including phenoxy) is 2. The molecule has 1 heterocycles. The lowest BCUT2D eigenvalue weighted by Gasteiger charge is -2.30. The monoisotopic (exact) mass is 342 g/mol. The lowest BCUT2D eigenvalue weighted by Crippen LogP contribution is -2.39. The van der Waals surface area contributed by atoms with Gasteiger partial charge in [0.05, 0.1) is 6.04 Å². The average molecular weight is 342 g/mol. The number of fused-ring (bicyclic) bond motifs is 1. The predicted octanol–water partition coefficient (Wildman–Crippen LogP) is 4.31. The molecule has 0 spiro atoms. The van der Waals surface area contributed by atoms with E-state index in [4.69, 9.17) is 9.47 Å². The molecule has 0 bridgehead atoms. The van der Waals surface area contributed by atoms with Crippen molar-refractivity contribution >= 4 is 11.7 Å². The maximum atomic E-state index is 14.1. The molecular weight excluding hydrogens is 323 g/mol. The van der Waals surface area contributed by atoms with Gasteiger partial charge >= 0.3 is 6.03 Å². The van der Waals surface area contributed by atoms with Crippen LogP contribution >= 0.6 is 0 Å². The van der Waals surface area contributed by atoms with Crippen molar-refractivity contribution in [2.75, 3.05) is 12.1 Å². The third-order valence-electron chi connectivity index (χ3n) is 4.57. The number of nitrogens with zero attached hydrogens (tertiary/aromatic N) is 1. The number of hydrogen-bond acceptors (Lipinski definition) is 3. The van der Waals surface area contributed by atoms with Crippen LogP contribution in [0.2, 0.25) is 0 Å². The fourth-order valence-corrected chi connectivity index (χ4v) is 3.14. The van der Waals surface area contributed by atoms with Crippen molar-refractivity contribution < 1.29 is 18.7 Å². The number of carbonyl (C=O) groups is 1. The molecule has 0 saturated heterocycles. The summed E-state index contributed by atoms with van der Waals surface area (Å²) >= 11 is 0. The molecule has 2 aromatic carbocycles. The number of nitrogens with one attached hydrogen (secondary N) is 1. The maximum Gasteiger partial charge on any atom is 0.322 e. The van der Waals surface area contributed by atoms with Gasteiger partial charge in [0.1, 0.15) is 5.82 Å². The molecule has 2 amide bonds. The highest BCUT2D eigenvalue weighted by atomic mass is 19.1. The molecule has 6 heteroatoms. The minimum absolute atomic E-state index is 0.142. The largest absolute Gasteiger partial charge is 0.454 e. The van der Waals surface area contributed by atoms with Gasteiger partial charge in [-0.25, -0.2) is 9.18 Å². The minimum atomic E-state index is -0.345. The summed E-state index contributed by atoms with van der Waals surface area (Å²) in [4.78, 5) is 14.6. The maximum absolute atomic E-state index is 14.1. The van der Waals surface area contributed by atoms with E-state index in [1.807, 2.05) is 6.92 Å². The summed E-state index contributed by atoms with van der Waals surface area (Å²) in [6, 6.07) is 11.4. The smallest absolute Gasteiger partial charge is 0.322 e. The average Bonchev–Trinajstić information content (AvgIpc) is 3.31. The molecular formula is C19H19FN2O3. The Hall–Kier alpha value is -2.76. The molecule has 4 rings (SSSR count). The number of halogens is 1. The van der Waals surface area contributed by atoms with E-state index in [2.05, 4.69) is 5.32 Å². The number of rotatable bonds is 4. The van der Waals surface area contributed by atoms with E-state index in [-0.39, 0.29) is 30.7 Å². The molecule has 1 fully saturated rings. The van der Waals surface area contributed by atoms with Gasteiger partial charge in [0.15, 0.2) is 11.5 Å². The van der Waals surface area contributed by atoms with E-state index in [0.29, 0.717) is 22.7 Å². The van der Waals surface area contributed by atoms with Crippen LogP contribution in [0, 0.1) is 5.82 Å². The Morgan fingerprint density at radius 1 is 1.20 bits per heavy atom. The van der Waals surface area contributed by atoms with Gasteiger partial charge in [-0.1, -0.05) is 18.2 Å². The highest BCUT2D eigenvalue weighted by Gasteiger charge is 2.37. The summed E-state index contributed by atoms with van der Waals surface area (Å²) in [6.45, 7) is 2.04. The lowest BCUT2D eigenvalue weighted by atomic mass is 10.1. The van der Waals surface area contributed by atoms with E-state index in [1.54, 1.807) is 41.3 Å². The van der Waals surface area contributed by atoms with Crippen LogP contribution in [0.25, 0.3) is 0 Å². The van der Waals surface area contributed by atoms with Crippen LogP contribution in [0.1, 0.15) is 31.4 Å². The first-order valence-corrected chi connectivity index (χ1v) is 8.37. The molecule has 2 aliphatic rings. The van der Waals surface area contributed by atoms with Gasteiger partial charge in [-0.3, -0.25) is 0 Å². The van der Waals surface area contributed by atoms with Crippen molar-refractivity contribution in [1.82, 2.24) is 4.90 Å². The van der Waals surface area contributed by atoms with Gasteiger partial charge in [0.2, 0.25) is 6.79 Å². The summed E-state index contributed by atoms with van der Waals surface area (Å²) in [5.41, 5.74) is 1.15. The molecule has 5 nitrogen and oxygen atoms in total. The minimum Gasteiger partial charge on any atom is -0.454 e. The number of benzene rings is 2. The number of amides is 2. The van der Waals surface area contributed by atoms with Gasteiger partial charge in [0, 0.05) is 23.4 Å². The van der Waals surface area contributed by atoms with E-state index in [0.717, 1.165) is 12.8 Å². The normalized spacial score (nSPS) is 16.4. The molecule has 1 N–H and O–H groups in total. The fourth-order valence-electron chi connectivity index (χ4n) is 3.14. The number of hydrogen-bond donors (Lipinski definition) is 1. The Morgan fingerprint density at radius 2 is 1.96 bits per heavy atom. The molecule has 0 unspecified atom stereocenters.